The minimum Gasteiger partial charge on any atom is -0.351 e. The summed E-state index contributed by atoms with van der Waals surface area (Å²) in [5, 5.41) is 3.50. The summed E-state index contributed by atoms with van der Waals surface area (Å²) in [7, 11) is 0. The molecule has 0 radical (unpaired) electrons. The molecule has 1 atom stereocenters. The van der Waals surface area contributed by atoms with E-state index in [9.17, 15) is 9.18 Å². The van der Waals surface area contributed by atoms with Gasteiger partial charge in [-0.25, -0.2) is 14.4 Å². The molecule has 0 spiro atoms. The third-order valence-corrected chi connectivity index (χ3v) is 5.97. The number of nitrogens with one attached hydrogen (secondary N) is 1. The molecular weight excluding hydrogens is 369 g/mol. The van der Waals surface area contributed by atoms with Crippen molar-refractivity contribution >= 4 is 39.2 Å². The summed E-state index contributed by atoms with van der Waals surface area (Å²) in [6.45, 7) is 7.74. The number of amides is 1. The molecule has 3 aromatic rings. The Balaban J connectivity index is 1.87. The maximum atomic E-state index is 13.1. The van der Waals surface area contributed by atoms with Gasteiger partial charge in [-0.1, -0.05) is 23.9 Å². The normalized spacial score (nSPS) is 13.0. The number of rotatable bonds is 4. The molecule has 0 bridgehead atoms. The quantitative estimate of drug-likeness (QED) is 0.510. The number of nitrogens with zero attached hydrogens (tertiary/aromatic N) is 2. The first-order chi connectivity index (χ1) is 12.2. The van der Waals surface area contributed by atoms with Crippen LogP contribution in [0.1, 0.15) is 27.7 Å². The van der Waals surface area contributed by atoms with Crippen molar-refractivity contribution < 1.29 is 9.18 Å². The zero-order valence-corrected chi connectivity index (χ0v) is 16.7. The summed E-state index contributed by atoms with van der Waals surface area (Å²) in [6, 6.07) is 8.36. The van der Waals surface area contributed by atoms with Crippen molar-refractivity contribution in [2.45, 2.75) is 43.5 Å². The molecule has 3 rings (SSSR count). The van der Waals surface area contributed by atoms with Gasteiger partial charge in [-0.3, -0.25) is 4.79 Å². The second kappa shape index (κ2) is 7.32. The lowest BCUT2D eigenvalue weighted by Crippen LogP contribution is -2.44. The van der Waals surface area contributed by atoms with Crippen LogP contribution in [-0.4, -0.2) is 26.7 Å². The Labute approximate surface area is 160 Å². The second-order valence-electron chi connectivity index (χ2n) is 7.01. The largest absolute Gasteiger partial charge is 0.351 e. The molecule has 4 nitrogen and oxygen atoms in total. The van der Waals surface area contributed by atoms with E-state index in [4.69, 9.17) is 0 Å². The van der Waals surface area contributed by atoms with Gasteiger partial charge in [-0.15, -0.1) is 11.3 Å². The van der Waals surface area contributed by atoms with Crippen molar-refractivity contribution in [3.8, 4) is 10.4 Å². The second-order valence-corrected chi connectivity index (χ2v) is 9.39. The zero-order valence-electron chi connectivity index (χ0n) is 15.0. The standard InChI is InChI=1S/C19H20FN3OS2/c1-11(17(24)23-19(2,3)4)25-18-16-14(21-10-22-18)9-15(26-16)12-5-7-13(20)8-6-12/h5-11H,1-4H3,(H,23,24). The van der Waals surface area contributed by atoms with Crippen molar-refractivity contribution in [3.63, 3.8) is 0 Å². The maximum absolute atomic E-state index is 13.1. The number of thiophene rings is 1. The van der Waals surface area contributed by atoms with Crippen LogP contribution in [0.15, 0.2) is 41.7 Å². The summed E-state index contributed by atoms with van der Waals surface area (Å²) in [5.41, 5.74) is 1.49. The minimum atomic E-state index is -0.274. The molecule has 7 heteroatoms. The highest BCUT2D eigenvalue weighted by Crippen LogP contribution is 2.38. The van der Waals surface area contributed by atoms with Gasteiger partial charge in [0.2, 0.25) is 5.91 Å². The molecular formula is C19H20FN3OS2. The van der Waals surface area contributed by atoms with Crippen LogP contribution >= 0.6 is 23.1 Å². The van der Waals surface area contributed by atoms with Gasteiger partial charge >= 0.3 is 0 Å². The Bertz CT molecular complexity index is 932. The van der Waals surface area contributed by atoms with Crippen molar-refractivity contribution in [2.24, 2.45) is 0 Å². The van der Waals surface area contributed by atoms with Gasteiger partial charge in [-0.05, 0) is 51.5 Å². The molecule has 0 aliphatic carbocycles. The van der Waals surface area contributed by atoms with Crippen LogP contribution in [0, 0.1) is 5.82 Å². The molecule has 1 unspecified atom stereocenters. The smallest absolute Gasteiger partial charge is 0.233 e. The van der Waals surface area contributed by atoms with E-state index < -0.39 is 0 Å². The molecule has 2 aromatic heterocycles. The summed E-state index contributed by atoms with van der Waals surface area (Å²) >= 11 is 2.97. The molecule has 0 saturated carbocycles. The summed E-state index contributed by atoms with van der Waals surface area (Å²) < 4.78 is 14.1. The van der Waals surface area contributed by atoms with E-state index in [1.54, 1.807) is 23.5 Å². The van der Waals surface area contributed by atoms with E-state index in [0.29, 0.717) is 0 Å². The molecule has 2 heterocycles. The molecule has 1 N–H and O–H groups in total. The molecule has 1 aromatic carbocycles. The van der Waals surface area contributed by atoms with Crippen molar-refractivity contribution in [3.05, 3.63) is 42.5 Å². The van der Waals surface area contributed by atoms with Crippen molar-refractivity contribution in [1.82, 2.24) is 15.3 Å². The molecule has 0 aliphatic rings. The highest BCUT2D eigenvalue weighted by molar-refractivity contribution is 8.00. The lowest BCUT2D eigenvalue weighted by atomic mass is 10.1. The van der Waals surface area contributed by atoms with Gasteiger partial charge in [0.25, 0.3) is 0 Å². The Morgan fingerprint density at radius 2 is 1.92 bits per heavy atom. The monoisotopic (exact) mass is 389 g/mol. The van der Waals surface area contributed by atoms with Gasteiger partial charge < -0.3 is 5.32 Å². The van der Waals surface area contributed by atoms with E-state index in [1.165, 1.54) is 30.2 Å². The van der Waals surface area contributed by atoms with Gasteiger partial charge in [-0.2, -0.15) is 0 Å². The average Bonchev–Trinajstić information content (AvgIpc) is 2.99. The van der Waals surface area contributed by atoms with Crippen LogP contribution in [0.5, 0.6) is 0 Å². The predicted octanol–water partition coefficient (Wildman–Crippen LogP) is 4.89. The van der Waals surface area contributed by atoms with Crippen molar-refractivity contribution in [2.75, 3.05) is 0 Å². The lowest BCUT2D eigenvalue weighted by Gasteiger charge is -2.22. The maximum Gasteiger partial charge on any atom is 0.233 e. The summed E-state index contributed by atoms with van der Waals surface area (Å²) in [6.07, 6.45) is 1.51. The lowest BCUT2D eigenvalue weighted by molar-refractivity contribution is -0.121. The van der Waals surface area contributed by atoms with E-state index in [0.717, 1.165) is 25.7 Å². The number of thioether (sulfide) groups is 1. The van der Waals surface area contributed by atoms with Crippen molar-refractivity contribution in [1.29, 1.82) is 0 Å². The Hall–Kier alpha value is -1.99. The Kier molecular flexibility index (Phi) is 5.29. The van der Waals surface area contributed by atoms with Gasteiger partial charge in [0, 0.05) is 10.4 Å². The minimum absolute atomic E-state index is 0.0235. The fraction of sp³-hybridized carbons (Fsp3) is 0.316. The Morgan fingerprint density at radius 3 is 2.58 bits per heavy atom. The first-order valence-electron chi connectivity index (χ1n) is 8.22. The van der Waals surface area contributed by atoms with E-state index in [1.807, 2.05) is 33.8 Å². The van der Waals surface area contributed by atoms with Crippen LogP contribution in [0.2, 0.25) is 0 Å². The molecule has 26 heavy (non-hydrogen) atoms. The summed E-state index contributed by atoms with van der Waals surface area (Å²) in [5.74, 6) is -0.283. The number of fused-ring (bicyclic) bond motifs is 1. The van der Waals surface area contributed by atoms with E-state index in [-0.39, 0.29) is 22.5 Å². The molecule has 1 amide bonds. The van der Waals surface area contributed by atoms with Crippen LogP contribution in [0.25, 0.3) is 20.7 Å². The SMILES string of the molecule is CC(Sc1ncnc2cc(-c3ccc(F)cc3)sc12)C(=O)NC(C)(C)C. The first-order valence-corrected chi connectivity index (χ1v) is 9.92. The van der Waals surface area contributed by atoms with E-state index in [2.05, 4.69) is 15.3 Å². The zero-order chi connectivity index (χ0) is 18.9. The number of aromatic nitrogens is 2. The van der Waals surface area contributed by atoms with Crippen LogP contribution in [0.4, 0.5) is 4.39 Å². The third-order valence-electron chi connectivity index (χ3n) is 3.56. The molecule has 0 fully saturated rings. The topological polar surface area (TPSA) is 54.9 Å². The average molecular weight is 390 g/mol. The first kappa shape index (κ1) is 18.8. The number of benzene rings is 1. The highest BCUT2D eigenvalue weighted by Gasteiger charge is 2.22. The third kappa shape index (κ3) is 4.40. The van der Waals surface area contributed by atoms with Crippen LogP contribution in [-0.2, 0) is 4.79 Å². The Morgan fingerprint density at radius 1 is 1.23 bits per heavy atom. The number of carbonyl (C=O) groups excluding carboxylic acids is 1. The van der Waals surface area contributed by atoms with Gasteiger partial charge in [0.1, 0.15) is 17.2 Å². The predicted molar refractivity (Wildman–Crippen MR) is 106 cm³/mol. The molecule has 136 valence electrons. The fourth-order valence-corrected chi connectivity index (χ4v) is 4.46. The molecule has 0 aliphatic heterocycles. The van der Waals surface area contributed by atoms with Gasteiger partial charge in [0.15, 0.2) is 0 Å². The number of hydrogen-bond acceptors (Lipinski definition) is 5. The highest BCUT2D eigenvalue weighted by atomic mass is 32.2. The number of halogens is 1. The molecule has 0 saturated heterocycles. The number of hydrogen-bond donors (Lipinski definition) is 1. The van der Waals surface area contributed by atoms with Crippen LogP contribution < -0.4 is 5.32 Å². The van der Waals surface area contributed by atoms with Crippen LogP contribution in [0.3, 0.4) is 0 Å². The summed E-state index contributed by atoms with van der Waals surface area (Å²) in [4.78, 5) is 22.0. The fourth-order valence-electron chi connectivity index (χ4n) is 2.37. The number of carbonyl (C=O) groups is 1. The van der Waals surface area contributed by atoms with Gasteiger partial charge in [0.05, 0.1) is 15.5 Å². The van der Waals surface area contributed by atoms with E-state index >= 15 is 0 Å².